The Hall–Kier alpha value is -2.14. The number of carbonyl (C=O) groups excluding carboxylic acids is 1. The predicted octanol–water partition coefficient (Wildman–Crippen LogP) is 2.62. The minimum atomic E-state index is -0.179. The molecule has 0 bridgehead atoms. The smallest absolute Gasteiger partial charge is 0.220 e. The molecule has 1 aromatic carbocycles. The first-order chi connectivity index (χ1) is 13.0. The van der Waals surface area contributed by atoms with Crippen molar-refractivity contribution >= 4 is 5.91 Å². The van der Waals surface area contributed by atoms with E-state index in [0.717, 1.165) is 44.6 Å². The zero-order chi connectivity index (χ0) is 18.9. The normalized spacial score (nSPS) is 16.8. The van der Waals surface area contributed by atoms with Gasteiger partial charge in [0.05, 0.1) is 17.9 Å². The van der Waals surface area contributed by atoms with Gasteiger partial charge in [0.15, 0.2) is 0 Å². The van der Waals surface area contributed by atoms with Crippen molar-refractivity contribution in [2.75, 3.05) is 6.54 Å². The van der Waals surface area contributed by atoms with Crippen molar-refractivity contribution in [1.29, 1.82) is 0 Å². The number of nitrogens with one attached hydrogen (secondary N) is 2. The van der Waals surface area contributed by atoms with Crippen molar-refractivity contribution in [2.45, 2.75) is 64.6 Å². The summed E-state index contributed by atoms with van der Waals surface area (Å²) in [7, 11) is 0. The molecule has 0 radical (unpaired) electrons. The van der Waals surface area contributed by atoms with Gasteiger partial charge in [-0.25, -0.2) is 0 Å². The Kier molecular flexibility index (Phi) is 5.04. The lowest BCUT2D eigenvalue weighted by atomic mass is 9.88. The quantitative estimate of drug-likeness (QED) is 0.826. The Labute approximate surface area is 161 Å². The number of nitrogens with zero attached hydrogens (tertiary/aromatic N) is 2. The van der Waals surface area contributed by atoms with E-state index in [4.69, 9.17) is 0 Å². The average molecular weight is 367 g/mol. The standard InChI is InChI=1S/C22H30N4O/c1-22(2,14-16-11-17-5-3-4-6-18(17)12-16)24-21(27)8-7-19-13-20-15-23-9-10-26(20)25-19/h3-6,13,16,23H,7-12,14-15H2,1-2H3,(H,24,27). The lowest BCUT2D eigenvalue weighted by Gasteiger charge is -2.29. The first-order valence-corrected chi connectivity index (χ1v) is 10.1. The third-order valence-corrected chi connectivity index (χ3v) is 5.74. The van der Waals surface area contributed by atoms with Gasteiger partial charge in [0.25, 0.3) is 0 Å². The minimum Gasteiger partial charge on any atom is -0.351 e. The lowest BCUT2D eigenvalue weighted by Crippen LogP contribution is -2.45. The van der Waals surface area contributed by atoms with Crippen LogP contribution in [0, 0.1) is 5.92 Å². The number of hydrogen-bond acceptors (Lipinski definition) is 3. The Morgan fingerprint density at radius 2 is 2.04 bits per heavy atom. The molecule has 0 unspecified atom stereocenters. The average Bonchev–Trinajstić information content (AvgIpc) is 3.21. The van der Waals surface area contributed by atoms with Crippen LogP contribution in [0.25, 0.3) is 0 Å². The summed E-state index contributed by atoms with van der Waals surface area (Å²) in [6, 6.07) is 10.8. The summed E-state index contributed by atoms with van der Waals surface area (Å²) in [5.74, 6) is 0.740. The van der Waals surface area contributed by atoms with E-state index in [0.29, 0.717) is 18.8 Å². The molecule has 0 fully saturated rings. The Morgan fingerprint density at radius 1 is 1.30 bits per heavy atom. The number of rotatable bonds is 6. The van der Waals surface area contributed by atoms with Crippen molar-refractivity contribution in [1.82, 2.24) is 20.4 Å². The maximum atomic E-state index is 12.5. The summed E-state index contributed by atoms with van der Waals surface area (Å²) < 4.78 is 2.06. The van der Waals surface area contributed by atoms with Crippen LogP contribution in [-0.4, -0.2) is 27.8 Å². The largest absolute Gasteiger partial charge is 0.351 e. The highest BCUT2D eigenvalue weighted by atomic mass is 16.1. The van der Waals surface area contributed by atoms with Gasteiger partial charge in [-0.05, 0) is 56.2 Å². The Bertz CT molecular complexity index is 775. The van der Waals surface area contributed by atoms with Gasteiger partial charge < -0.3 is 10.6 Å². The minimum absolute atomic E-state index is 0.125. The number of benzene rings is 1. The van der Waals surface area contributed by atoms with Gasteiger partial charge in [-0.3, -0.25) is 9.48 Å². The van der Waals surface area contributed by atoms with Crippen LogP contribution in [0.2, 0.25) is 0 Å². The van der Waals surface area contributed by atoms with Crippen LogP contribution in [0.1, 0.15) is 49.2 Å². The van der Waals surface area contributed by atoms with Crippen LogP contribution in [-0.2, 0) is 37.1 Å². The van der Waals surface area contributed by atoms with E-state index in [1.807, 2.05) is 0 Å². The zero-order valence-electron chi connectivity index (χ0n) is 16.4. The number of aromatic nitrogens is 2. The lowest BCUT2D eigenvalue weighted by molar-refractivity contribution is -0.122. The van der Waals surface area contributed by atoms with E-state index in [1.165, 1.54) is 16.8 Å². The first-order valence-electron chi connectivity index (χ1n) is 10.1. The van der Waals surface area contributed by atoms with Gasteiger partial charge >= 0.3 is 0 Å². The third-order valence-electron chi connectivity index (χ3n) is 5.74. The number of aryl methyl sites for hydroxylation is 1. The van der Waals surface area contributed by atoms with Gasteiger partial charge in [-0.15, -0.1) is 0 Å². The number of amides is 1. The van der Waals surface area contributed by atoms with Crippen molar-refractivity contribution in [2.24, 2.45) is 5.92 Å². The molecule has 2 N–H and O–H groups in total. The van der Waals surface area contributed by atoms with Gasteiger partial charge in [0.1, 0.15) is 0 Å². The van der Waals surface area contributed by atoms with E-state index < -0.39 is 0 Å². The first kappa shape index (κ1) is 18.2. The van der Waals surface area contributed by atoms with Gasteiger partial charge in [-0.2, -0.15) is 5.10 Å². The number of carbonyl (C=O) groups is 1. The molecule has 4 rings (SSSR count). The maximum absolute atomic E-state index is 12.5. The molecule has 2 aliphatic rings. The molecule has 2 heterocycles. The molecule has 144 valence electrons. The molecule has 1 aliphatic heterocycles. The highest BCUT2D eigenvalue weighted by Gasteiger charge is 2.29. The van der Waals surface area contributed by atoms with Crippen molar-refractivity contribution < 1.29 is 4.79 Å². The molecule has 0 saturated carbocycles. The summed E-state index contributed by atoms with van der Waals surface area (Å²) in [5.41, 5.74) is 5.01. The van der Waals surface area contributed by atoms with E-state index in [9.17, 15) is 4.79 Å². The monoisotopic (exact) mass is 366 g/mol. The van der Waals surface area contributed by atoms with E-state index in [2.05, 4.69) is 64.6 Å². The van der Waals surface area contributed by atoms with E-state index in [-0.39, 0.29) is 11.4 Å². The predicted molar refractivity (Wildman–Crippen MR) is 106 cm³/mol. The molecule has 1 aliphatic carbocycles. The second-order valence-corrected chi connectivity index (χ2v) is 8.71. The van der Waals surface area contributed by atoms with Crippen molar-refractivity contribution in [3.63, 3.8) is 0 Å². The zero-order valence-corrected chi connectivity index (χ0v) is 16.4. The van der Waals surface area contributed by atoms with Crippen molar-refractivity contribution in [3.8, 4) is 0 Å². The second kappa shape index (κ2) is 7.47. The summed E-state index contributed by atoms with van der Waals surface area (Å²) >= 11 is 0. The molecule has 0 saturated heterocycles. The fraction of sp³-hybridized carbons (Fsp3) is 0.545. The molecule has 2 aromatic rings. The molecule has 5 heteroatoms. The van der Waals surface area contributed by atoms with Crippen LogP contribution >= 0.6 is 0 Å². The molecule has 0 atom stereocenters. The molecular weight excluding hydrogens is 336 g/mol. The summed E-state index contributed by atoms with van der Waals surface area (Å²) in [6.45, 7) is 7.05. The highest BCUT2D eigenvalue weighted by molar-refractivity contribution is 5.76. The number of fused-ring (bicyclic) bond motifs is 2. The fourth-order valence-corrected chi connectivity index (χ4v) is 4.62. The van der Waals surface area contributed by atoms with Gasteiger partial charge in [0, 0.05) is 31.5 Å². The topological polar surface area (TPSA) is 59.0 Å². The van der Waals surface area contributed by atoms with Crippen LogP contribution in [0.3, 0.4) is 0 Å². The van der Waals surface area contributed by atoms with Crippen LogP contribution < -0.4 is 10.6 Å². The molecule has 0 spiro atoms. The molecule has 27 heavy (non-hydrogen) atoms. The van der Waals surface area contributed by atoms with Gasteiger partial charge in [0.2, 0.25) is 5.91 Å². The van der Waals surface area contributed by atoms with Crippen molar-refractivity contribution in [3.05, 3.63) is 52.8 Å². The summed E-state index contributed by atoms with van der Waals surface area (Å²) in [4.78, 5) is 12.5. The van der Waals surface area contributed by atoms with Crippen LogP contribution in [0.5, 0.6) is 0 Å². The van der Waals surface area contributed by atoms with Gasteiger partial charge in [-0.1, -0.05) is 24.3 Å². The summed E-state index contributed by atoms with van der Waals surface area (Å²) in [6.07, 6.45) is 4.47. The van der Waals surface area contributed by atoms with Crippen LogP contribution in [0.15, 0.2) is 30.3 Å². The Balaban J connectivity index is 1.26. The van der Waals surface area contributed by atoms with E-state index in [1.54, 1.807) is 0 Å². The van der Waals surface area contributed by atoms with Crippen LogP contribution in [0.4, 0.5) is 0 Å². The molecule has 5 nitrogen and oxygen atoms in total. The SMILES string of the molecule is CC(C)(CC1Cc2ccccc2C1)NC(=O)CCc1cc2n(n1)CCNC2. The summed E-state index contributed by atoms with van der Waals surface area (Å²) in [5, 5.41) is 11.2. The Morgan fingerprint density at radius 3 is 2.74 bits per heavy atom. The maximum Gasteiger partial charge on any atom is 0.220 e. The second-order valence-electron chi connectivity index (χ2n) is 8.71. The van der Waals surface area contributed by atoms with E-state index >= 15 is 0 Å². The molecular formula is C22H30N4O. The molecule has 1 amide bonds. The molecule has 1 aromatic heterocycles. The third kappa shape index (κ3) is 4.41. The number of hydrogen-bond donors (Lipinski definition) is 2. The highest BCUT2D eigenvalue weighted by Crippen LogP contribution is 2.31. The fourth-order valence-electron chi connectivity index (χ4n) is 4.62.